The standard InChI is InChI=1S/C25H35ClO4/c1-18(2)28-16-22(27)17-30-24-12-8-21(9-13-24)25(4,5)20-6-10-23(11-7-20)29-15-19(3)14-26/h6-13,18-19,22,27H,14-17H2,1-5H3. The Morgan fingerprint density at radius 2 is 1.27 bits per heavy atom. The van der Waals surface area contributed by atoms with Crippen LogP contribution in [0.5, 0.6) is 11.5 Å². The third-order valence-electron chi connectivity index (χ3n) is 5.01. The minimum atomic E-state index is -0.642. The number of ether oxygens (including phenoxy) is 3. The molecule has 2 rings (SSSR count). The topological polar surface area (TPSA) is 47.9 Å². The van der Waals surface area contributed by atoms with Gasteiger partial charge in [-0.25, -0.2) is 0 Å². The summed E-state index contributed by atoms with van der Waals surface area (Å²) in [5.74, 6) is 2.51. The average Bonchev–Trinajstić information content (AvgIpc) is 2.75. The first-order valence-corrected chi connectivity index (χ1v) is 11.1. The molecule has 0 heterocycles. The Balaban J connectivity index is 1.95. The van der Waals surface area contributed by atoms with Crippen molar-refractivity contribution in [2.24, 2.45) is 5.92 Å². The van der Waals surface area contributed by atoms with Crippen molar-refractivity contribution in [2.75, 3.05) is 25.7 Å². The zero-order valence-electron chi connectivity index (χ0n) is 18.7. The summed E-state index contributed by atoms with van der Waals surface area (Å²) in [4.78, 5) is 0. The lowest BCUT2D eigenvalue weighted by atomic mass is 9.78. The van der Waals surface area contributed by atoms with E-state index >= 15 is 0 Å². The maximum atomic E-state index is 9.93. The molecule has 0 radical (unpaired) electrons. The maximum absolute atomic E-state index is 9.93. The van der Waals surface area contributed by atoms with Gasteiger partial charge in [-0.2, -0.15) is 0 Å². The highest BCUT2D eigenvalue weighted by Crippen LogP contribution is 2.33. The van der Waals surface area contributed by atoms with E-state index in [1.54, 1.807) is 0 Å². The highest BCUT2D eigenvalue weighted by Gasteiger charge is 2.23. The Morgan fingerprint density at radius 3 is 1.70 bits per heavy atom. The summed E-state index contributed by atoms with van der Waals surface area (Å²) in [5.41, 5.74) is 2.23. The molecule has 0 aliphatic heterocycles. The first-order valence-electron chi connectivity index (χ1n) is 10.5. The third-order valence-corrected chi connectivity index (χ3v) is 5.54. The summed E-state index contributed by atoms with van der Waals surface area (Å²) in [7, 11) is 0. The van der Waals surface area contributed by atoms with Crippen molar-refractivity contribution < 1.29 is 19.3 Å². The lowest BCUT2D eigenvalue weighted by Gasteiger charge is -2.26. The highest BCUT2D eigenvalue weighted by molar-refractivity contribution is 6.18. The van der Waals surface area contributed by atoms with Gasteiger partial charge in [0.2, 0.25) is 0 Å². The van der Waals surface area contributed by atoms with Crippen LogP contribution in [0, 0.1) is 5.92 Å². The van der Waals surface area contributed by atoms with Gasteiger partial charge in [0, 0.05) is 17.2 Å². The molecule has 5 heteroatoms. The van der Waals surface area contributed by atoms with Crippen LogP contribution in [0.15, 0.2) is 48.5 Å². The van der Waals surface area contributed by atoms with Crippen LogP contribution in [-0.4, -0.2) is 43.0 Å². The van der Waals surface area contributed by atoms with Crippen LogP contribution in [0.3, 0.4) is 0 Å². The fourth-order valence-electron chi connectivity index (χ4n) is 2.93. The van der Waals surface area contributed by atoms with Crippen molar-refractivity contribution in [3.05, 3.63) is 59.7 Å². The Bertz CT molecular complexity index is 741. The molecule has 2 atom stereocenters. The quantitative estimate of drug-likeness (QED) is 0.452. The second-order valence-electron chi connectivity index (χ2n) is 8.59. The van der Waals surface area contributed by atoms with Crippen molar-refractivity contribution in [3.8, 4) is 11.5 Å². The second kappa shape index (κ2) is 11.6. The van der Waals surface area contributed by atoms with Gasteiger partial charge in [0.1, 0.15) is 24.2 Å². The van der Waals surface area contributed by atoms with Gasteiger partial charge >= 0.3 is 0 Å². The molecule has 0 saturated heterocycles. The van der Waals surface area contributed by atoms with E-state index in [1.807, 2.05) is 38.1 Å². The number of aliphatic hydroxyl groups excluding tert-OH is 1. The van der Waals surface area contributed by atoms with E-state index in [2.05, 4.69) is 45.0 Å². The van der Waals surface area contributed by atoms with Crippen molar-refractivity contribution >= 4 is 11.6 Å². The molecule has 30 heavy (non-hydrogen) atoms. The lowest BCUT2D eigenvalue weighted by Crippen LogP contribution is -2.25. The molecule has 2 aromatic carbocycles. The maximum Gasteiger partial charge on any atom is 0.119 e. The Kier molecular flexibility index (Phi) is 9.47. The van der Waals surface area contributed by atoms with Gasteiger partial charge < -0.3 is 19.3 Å². The van der Waals surface area contributed by atoms with Crippen molar-refractivity contribution in [3.63, 3.8) is 0 Å². The fourth-order valence-corrected chi connectivity index (χ4v) is 3.02. The van der Waals surface area contributed by atoms with Gasteiger partial charge in [-0.1, -0.05) is 45.0 Å². The average molecular weight is 435 g/mol. The summed E-state index contributed by atoms with van der Waals surface area (Å²) in [6, 6.07) is 16.3. The smallest absolute Gasteiger partial charge is 0.119 e. The molecule has 4 nitrogen and oxygen atoms in total. The molecule has 2 unspecified atom stereocenters. The van der Waals surface area contributed by atoms with Gasteiger partial charge in [0.25, 0.3) is 0 Å². The van der Waals surface area contributed by atoms with Crippen LogP contribution in [0.25, 0.3) is 0 Å². The molecule has 1 N–H and O–H groups in total. The van der Waals surface area contributed by atoms with E-state index in [4.69, 9.17) is 25.8 Å². The number of rotatable bonds is 12. The lowest BCUT2D eigenvalue weighted by molar-refractivity contribution is -0.0122. The van der Waals surface area contributed by atoms with Crippen LogP contribution in [0.2, 0.25) is 0 Å². The number of alkyl halides is 1. The largest absolute Gasteiger partial charge is 0.493 e. The summed E-state index contributed by atoms with van der Waals surface area (Å²) < 4.78 is 16.9. The normalized spacial score (nSPS) is 13.9. The number of hydrogen-bond acceptors (Lipinski definition) is 4. The first-order chi connectivity index (χ1) is 14.2. The van der Waals surface area contributed by atoms with Gasteiger partial charge in [-0.05, 0) is 49.2 Å². The zero-order chi connectivity index (χ0) is 22.1. The predicted octanol–water partition coefficient (Wildman–Crippen LogP) is 5.43. The molecular formula is C25H35ClO4. The molecule has 0 aliphatic rings. The minimum Gasteiger partial charge on any atom is -0.493 e. The molecule has 2 aromatic rings. The first kappa shape index (κ1) is 24.5. The van der Waals surface area contributed by atoms with Crippen LogP contribution < -0.4 is 9.47 Å². The molecule has 166 valence electrons. The van der Waals surface area contributed by atoms with E-state index < -0.39 is 6.10 Å². The highest BCUT2D eigenvalue weighted by atomic mass is 35.5. The van der Waals surface area contributed by atoms with Gasteiger partial charge in [-0.15, -0.1) is 11.6 Å². The van der Waals surface area contributed by atoms with Gasteiger partial charge in [0.15, 0.2) is 0 Å². The summed E-state index contributed by atoms with van der Waals surface area (Å²) in [6.45, 7) is 11.4. The third kappa shape index (κ3) is 7.50. The SMILES string of the molecule is CC(CCl)COc1ccc(C(C)(C)c2ccc(OCC(O)COC(C)C)cc2)cc1. The predicted molar refractivity (Wildman–Crippen MR) is 123 cm³/mol. The molecular weight excluding hydrogens is 400 g/mol. The van der Waals surface area contributed by atoms with Crippen molar-refractivity contribution in [1.29, 1.82) is 0 Å². The van der Waals surface area contributed by atoms with E-state index in [0.717, 1.165) is 11.5 Å². The van der Waals surface area contributed by atoms with Crippen LogP contribution in [0.4, 0.5) is 0 Å². The van der Waals surface area contributed by atoms with E-state index in [9.17, 15) is 5.11 Å². The fraction of sp³-hybridized carbons (Fsp3) is 0.520. The van der Waals surface area contributed by atoms with Crippen molar-refractivity contribution in [1.82, 2.24) is 0 Å². The van der Waals surface area contributed by atoms with Crippen LogP contribution in [0.1, 0.15) is 45.7 Å². The molecule has 0 aliphatic carbocycles. The molecule has 0 saturated carbocycles. The molecule has 0 aromatic heterocycles. The summed E-state index contributed by atoms with van der Waals surface area (Å²) in [5, 5.41) is 9.93. The number of benzene rings is 2. The molecule has 0 amide bonds. The monoisotopic (exact) mass is 434 g/mol. The van der Waals surface area contributed by atoms with E-state index in [-0.39, 0.29) is 24.7 Å². The number of hydrogen-bond donors (Lipinski definition) is 1. The molecule has 0 fully saturated rings. The van der Waals surface area contributed by atoms with Crippen LogP contribution >= 0.6 is 11.6 Å². The second-order valence-corrected chi connectivity index (χ2v) is 8.90. The Hall–Kier alpha value is -1.75. The Morgan fingerprint density at radius 1 is 0.800 bits per heavy atom. The van der Waals surface area contributed by atoms with E-state index in [0.29, 0.717) is 18.4 Å². The summed E-state index contributed by atoms with van der Waals surface area (Å²) in [6.07, 6.45) is -0.548. The Labute approximate surface area is 186 Å². The van der Waals surface area contributed by atoms with Gasteiger partial charge in [0.05, 0.1) is 19.3 Å². The molecule has 0 bridgehead atoms. The molecule has 0 spiro atoms. The number of halogens is 1. The van der Waals surface area contributed by atoms with Crippen molar-refractivity contribution in [2.45, 2.75) is 52.2 Å². The number of aliphatic hydroxyl groups is 1. The zero-order valence-corrected chi connectivity index (χ0v) is 19.5. The summed E-state index contributed by atoms with van der Waals surface area (Å²) >= 11 is 5.84. The van der Waals surface area contributed by atoms with Crippen LogP contribution in [-0.2, 0) is 10.2 Å². The minimum absolute atomic E-state index is 0.0935. The van der Waals surface area contributed by atoms with Gasteiger partial charge in [-0.3, -0.25) is 0 Å². The van der Waals surface area contributed by atoms with E-state index in [1.165, 1.54) is 11.1 Å².